The normalized spacial score (nSPS) is 11.8. The van der Waals surface area contributed by atoms with Crippen molar-refractivity contribution < 1.29 is 14.3 Å². The minimum absolute atomic E-state index is 0.332. The fourth-order valence-corrected chi connectivity index (χ4v) is 3.20. The summed E-state index contributed by atoms with van der Waals surface area (Å²) in [7, 11) is 1.60. The molecule has 1 N–H and O–H groups in total. The Hall–Kier alpha value is -3.12. The van der Waals surface area contributed by atoms with Crippen LogP contribution in [0.15, 0.2) is 82.4 Å². The molecule has 0 bridgehead atoms. The minimum Gasteiger partial charge on any atom is -0.496 e. The second kappa shape index (κ2) is 9.89. The molecule has 1 unspecified atom stereocenters. The molecular formula is C23H21BrN2O3. The lowest BCUT2D eigenvalue weighted by Gasteiger charge is -2.13. The van der Waals surface area contributed by atoms with Gasteiger partial charge in [0.05, 0.1) is 17.8 Å². The Balaban J connectivity index is 1.54. The van der Waals surface area contributed by atoms with E-state index < -0.39 is 6.10 Å². The zero-order valence-electron chi connectivity index (χ0n) is 16.1. The number of hydrazone groups is 1. The predicted octanol–water partition coefficient (Wildman–Crippen LogP) is 5.04. The molecular weight excluding hydrogens is 432 g/mol. The van der Waals surface area contributed by atoms with Crippen LogP contribution in [-0.2, 0) is 4.79 Å². The maximum absolute atomic E-state index is 12.2. The van der Waals surface area contributed by atoms with E-state index in [1.807, 2.05) is 72.8 Å². The van der Waals surface area contributed by atoms with Crippen molar-refractivity contribution in [2.24, 2.45) is 5.10 Å². The summed E-state index contributed by atoms with van der Waals surface area (Å²) in [6, 6.07) is 23.2. The highest BCUT2D eigenvalue weighted by molar-refractivity contribution is 9.10. The van der Waals surface area contributed by atoms with Gasteiger partial charge < -0.3 is 9.47 Å². The molecule has 0 aromatic heterocycles. The van der Waals surface area contributed by atoms with E-state index in [2.05, 4.69) is 26.5 Å². The zero-order valence-corrected chi connectivity index (χ0v) is 17.7. The quantitative estimate of drug-likeness (QED) is 0.403. The van der Waals surface area contributed by atoms with Gasteiger partial charge in [-0.1, -0.05) is 42.5 Å². The fraction of sp³-hybridized carbons (Fsp3) is 0.130. The molecule has 0 fully saturated rings. The van der Waals surface area contributed by atoms with E-state index in [1.165, 1.54) is 0 Å². The summed E-state index contributed by atoms with van der Waals surface area (Å²) in [5, 5.41) is 3.99. The number of amides is 1. The molecule has 1 atom stereocenters. The number of carbonyl (C=O) groups is 1. The zero-order chi connectivity index (χ0) is 20.6. The van der Waals surface area contributed by atoms with Crippen molar-refractivity contribution in [3.05, 3.63) is 82.8 Å². The Morgan fingerprint density at radius 1 is 1.03 bits per heavy atom. The summed E-state index contributed by atoms with van der Waals surface area (Å²) in [4.78, 5) is 12.2. The number of nitrogens with one attached hydrogen (secondary N) is 1. The number of benzene rings is 3. The lowest BCUT2D eigenvalue weighted by atomic mass is 10.1. The van der Waals surface area contributed by atoms with Crippen molar-refractivity contribution in [3.63, 3.8) is 0 Å². The van der Waals surface area contributed by atoms with Crippen LogP contribution in [0.5, 0.6) is 11.5 Å². The third-order valence-corrected chi connectivity index (χ3v) is 4.83. The SMILES string of the molecule is COc1ccc(/C=N/NC(=O)C(C)Oc2ccc(-c3ccccc3)cc2)cc1Br. The van der Waals surface area contributed by atoms with Gasteiger partial charge in [0.1, 0.15) is 11.5 Å². The van der Waals surface area contributed by atoms with Gasteiger partial charge >= 0.3 is 0 Å². The lowest BCUT2D eigenvalue weighted by Crippen LogP contribution is -2.33. The first-order chi connectivity index (χ1) is 14.1. The molecule has 0 aliphatic heterocycles. The van der Waals surface area contributed by atoms with Gasteiger partial charge in [0, 0.05) is 0 Å². The molecule has 6 heteroatoms. The van der Waals surface area contributed by atoms with Crippen molar-refractivity contribution in [1.82, 2.24) is 5.43 Å². The molecule has 3 aromatic rings. The number of hydrogen-bond donors (Lipinski definition) is 1. The van der Waals surface area contributed by atoms with Crippen LogP contribution in [0, 0.1) is 0 Å². The maximum Gasteiger partial charge on any atom is 0.280 e. The molecule has 29 heavy (non-hydrogen) atoms. The molecule has 5 nitrogen and oxygen atoms in total. The van der Waals surface area contributed by atoms with E-state index in [9.17, 15) is 4.79 Å². The molecule has 0 radical (unpaired) electrons. The van der Waals surface area contributed by atoms with E-state index in [4.69, 9.17) is 9.47 Å². The van der Waals surface area contributed by atoms with Gasteiger partial charge in [-0.2, -0.15) is 5.10 Å². The topological polar surface area (TPSA) is 59.9 Å². The Morgan fingerprint density at radius 2 is 1.72 bits per heavy atom. The number of halogens is 1. The van der Waals surface area contributed by atoms with Crippen molar-refractivity contribution >= 4 is 28.1 Å². The molecule has 148 valence electrons. The van der Waals surface area contributed by atoms with Crippen LogP contribution in [0.25, 0.3) is 11.1 Å². The van der Waals surface area contributed by atoms with Crippen LogP contribution in [-0.4, -0.2) is 25.3 Å². The van der Waals surface area contributed by atoms with Gasteiger partial charge in [0.2, 0.25) is 0 Å². The minimum atomic E-state index is -0.683. The molecule has 0 heterocycles. The van der Waals surface area contributed by atoms with E-state index >= 15 is 0 Å². The number of hydrogen-bond acceptors (Lipinski definition) is 4. The van der Waals surface area contributed by atoms with Gasteiger partial charge in [0.25, 0.3) is 5.91 Å². The predicted molar refractivity (Wildman–Crippen MR) is 118 cm³/mol. The van der Waals surface area contributed by atoms with Gasteiger partial charge in [-0.15, -0.1) is 0 Å². The molecule has 0 aliphatic carbocycles. The lowest BCUT2D eigenvalue weighted by molar-refractivity contribution is -0.127. The standard InChI is InChI=1S/C23H21BrN2O3/c1-16(23(27)26-25-15-17-8-13-22(28-2)21(24)14-17)29-20-11-9-19(10-12-20)18-6-4-3-5-7-18/h3-16H,1-2H3,(H,26,27)/b25-15+. The van der Waals surface area contributed by atoms with Crippen molar-refractivity contribution in [1.29, 1.82) is 0 Å². The van der Waals surface area contributed by atoms with Gasteiger partial charge in [-0.05, 0) is 69.9 Å². The maximum atomic E-state index is 12.2. The summed E-state index contributed by atoms with van der Waals surface area (Å²) in [6.07, 6.45) is 0.876. The fourth-order valence-electron chi connectivity index (χ4n) is 2.64. The number of carbonyl (C=O) groups excluding carboxylic acids is 1. The molecule has 3 aromatic carbocycles. The van der Waals surface area contributed by atoms with Crippen molar-refractivity contribution in [3.8, 4) is 22.6 Å². The third-order valence-electron chi connectivity index (χ3n) is 4.21. The van der Waals surface area contributed by atoms with Crippen molar-refractivity contribution in [2.45, 2.75) is 13.0 Å². The average molecular weight is 453 g/mol. The summed E-state index contributed by atoms with van der Waals surface area (Å²) in [5.41, 5.74) is 5.53. The smallest absolute Gasteiger partial charge is 0.280 e. The van der Waals surface area contributed by atoms with Crippen molar-refractivity contribution in [2.75, 3.05) is 7.11 Å². The first-order valence-corrected chi connectivity index (χ1v) is 9.84. The van der Waals surface area contributed by atoms with Crippen LogP contribution >= 0.6 is 15.9 Å². The summed E-state index contributed by atoms with van der Waals surface area (Å²) in [6.45, 7) is 1.68. The Bertz CT molecular complexity index is 989. The summed E-state index contributed by atoms with van der Waals surface area (Å²) >= 11 is 3.41. The number of ether oxygens (including phenoxy) is 2. The van der Waals surface area contributed by atoms with Gasteiger partial charge in [-0.3, -0.25) is 4.79 Å². The van der Waals surface area contributed by atoms with E-state index in [-0.39, 0.29) is 5.91 Å². The molecule has 0 spiro atoms. The number of nitrogens with zero attached hydrogens (tertiary/aromatic N) is 1. The molecule has 0 saturated heterocycles. The second-order valence-corrected chi connectivity index (χ2v) is 7.13. The Kier molecular flexibility index (Phi) is 7.03. The highest BCUT2D eigenvalue weighted by atomic mass is 79.9. The largest absolute Gasteiger partial charge is 0.496 e. The van der Waals surface area contributed by atoms with Gasteiger partial charge in [0.15, 0.2) is 6.10 Å². The van der Waals surface area contributed by atoms with Crippen LogP contribution in [0.2, 0.25) is 0 Å². The van der Waals surface area contributed by atoms with Crippen LogP contribution in [0.3, 0.4) is 0 Å². The highest BCUT2D eigenvalue weighted by Gasteiger charge is 2.14. The first kappa shape index (κ1) is 20.6. The van der Waals surface area contributed by atoms with Gasteiger partial charge in [-0.25, -0.2) is 5.43 Å². The Labute approximate surface area is 178 Å². The highest BCUT2D eigenvalue weighted by Crippen LogP contribution is 2.25. The second-order valence-electron chi connectivity index (χ2n) is 6.28. The van der Waals surface area contributed by atoms with E-state index in [0.29, 0.717) is 5.75 Å². The monoisotopic (exact) mass is 452 g/mol. The first-order valence-electron chi connectivity index (χ1n) is 9.05. The van der Waals surface area contributed by atoms with E-state index in [0.717, 1.165) is 26.9 Å². The Morgan fingerprint density at radius 3 is 2.38 bits per heavy atom. The van der Waals surface area contributed by atoms with Crippen LogP contribution < -0.4 is 14.9 Å². The molecule has 0 saturated carbocycles. The summed E-state index contributed by atoms with van der Waals surface area (Å²) < 4.78 is 11.7. The number of rotatable bonds is 7. The number of methoxy groups -OCH3 is 1. The summed E-state index contributed by atoms with van der Waals surface area (Å²) in [5.74, 6) is 1.02. The van der Waals surface area contributed by atoms with Crippen LogP contribution in [0.1, 0.15) is 12.5 Å². The molecule has 0 aliphatic rings. The van der Waals surface area contributed by atoms with E-state index in [1.54, 1.807) is 20.2 Å². The molecule has 3 rings (SSSR count). The third kappa shape index (κ3) is 5.68. The van der Waals surface area contributed by atoms with Crippen LogP contribution in [0.4, 0.5) is 0 Å². The average Bonchev–Trinajstić information content (AvgIpc) is 2.75. The molecule has 1 amide bonds.